The van der Waals surface area contributed by atoms with Crippen LogP contribution in [0.2, 0.25) is 0 Å². The number of hydrogen-bond acceptors (Lipinski definition) is 2. The number of nitrogens with zero attached hydrogens (tertiary/aromatic N) is 1. The van der Waals surface area contributed by atoms with E-state index in [1.165, 1.54) is 0 Å². The van der Waals surface area contributed by atoms with Crippen LogP contribution in [0.15, 0.2) is 61.2 Å². The Bertz CT molecular complexity index is 573. The molecule has 2 rings (SSSR count). The molecule has 0 radical (unpaired) electrons. The average Bonchev–Trinajstić information content (AvgIpc) is 2.34. The second-order valence-corrected chi connectivity index (χ2v) is 6.25. The molecule has 84 valence electrons. The smallest absolute Gasteiger partial charge is 0.100 e. The highest BCUT2D eigenvalue weighted by atomic mass is 79.9. The summed E-state index contributed by atoms with van der Waals surface area (Å²) in [5.41, 5.74) is 0.687. The van der Waals surface area contributed by atoms with Gasteiger partial charge in [0, 0.05) is 18.7 Å². The van der Waals surface area contributed by atoms with Gasteiger partial charge in [0.2, 0.25) is 0 Å². The van der Waals surface area contributed by atoms with Gasteiger partial charge in [0.15, 0.2) is 0 Å². The maximum atomic E-state index is 9.07. The van der Waals surface area contributed by atoms with Crippen molar-refractivity contribution in [3.63, 3.8) is 0 Å². The Balaban J connectivity index is 2.30. The van der Waals surface area contributed by atoms with Gasteiger partial charge in [0.05, 0.1) is 5.56 Å². The van der Waals surface area contributed by atoms with Gasteiger partial charge >= 0.3 is 0 Å². The van der Waals surface area contributed by atoms with Crippen LogP contribution in [-0.2, 0) is 0 Å². The van der Waals surface area contributed by atoms with Crippen LogP contribution in [0.4, 0.5) is 0 Å². The van der Waals surface area contributed by atoms with Crippen molar-refractivity contribution in [3.05, 3.63) is 57.0 Å². The van der Waals surface area contributed by atoms with Gasteiger partial charge in [0.1, 0.15) is 6.07 Å². The van der Waals surface area contributed by atoms with Crippen molar-refractivity contribution in [2.45, 2.75) is 9.79 Å². The number of benzene rings is 2. The molecular formula is C13H7Br2NS. The molecule has 0 aromatic heterocycles. The van der Waals surface area contributed by atoms with E-state index >= 15 is 0 Å². The number of hydrogen-bond donors (Lipinski definition) is 0. The summed E-state index contributed by atoms with van der Waals surface area (Å²) in [6.45, 7) is 0. The van der Waals surface area contributed by atoms with E-state index in [0.717, 1.165) is 18.7 Å². The van der Waals surface area contributed by atoms with Gasteiger partial charge in [-0.15, -0.1) is 0 Å². The van der Waals surface area contributed by atoms with Crippen LogP contribution >= 0.6 is 43.6 Å². The summed E-state index contributed by atoms with van der Waals surface area (Å²) < 4.78 is 1.98. The lowest BCUT2D eigenvalue weighted by molar-refractivity contribution is 1.34. The normalized spacial score (nSPS) is 9.94. The van der Waals surface area contributed by atoms with Crippen molar-refractivity contribution in [3.8, 4) is 6.07 Å². The fourth-order valence-electron chi connectivity index (χ4n) is 1.31. The zero-order valence-corrected chi connectivity index (χ0v) is 12.6. The highest BCUT2D eigenvalue weighted by Crippen LogP contribution is 2.32. The summed E-state index contributed by atoms with van der Waals surface area (Å²) in [6.07, 6.45) is 0. The lowest BCUT2D eigenvalue weighted by atomic mass is 10.2. The molecule has 2 aromatic carbocycles. The Morgan fingerprint density at radius 3 is 2.24 bits per heavy atom. The maximum Gasteiger partial charge on any atom is 0.100 e. The summed E-state index contributed by atoms with van der Waals surface area (Å²) in [7, 11) is 0. The summed E-state index contributed by atoms with van der Waals surface area (Å²) in [6, 6.07) is 16.0. The lowest BCUT2D eigenvalue weighted by Gasteiger charge is -2.04. The third-order valence-electron chi connectivity index (χ3n) is 2.10. The summed E-state index contributed by atoms with van der Waals surface area (Å²) in [4.78, 5) is 2.09. The van der Waals surface area contributed by atoms with Crippen molar-refractivity contribution in [1.82, 2.24) is 0 Å². The van der Waals surface area contributed by atoms with Crippen LogP contribution in [0, 0.1) is 11.3 Å². The standard InChI is InChI=1S/C13H7Br2NS/c14-10-1-4-12(5-2-10)17-13-6-3-11(15)7-9(13)8-16/h1-7H. The van der Waals surface area contributed by atoms with Gasteiger partial charge in [-0.3, -0.25) is 0 Å². The van der Waals surface area contributed by atoms with Crippen molar-refractivity contribution in [2.75, 3.05) is 0 Å². The topological polar surface area (TPSA) is 23.8 Å². The molecule has 0 aliphatic rings. The van der Waals surface area contributed by atoms with Crippen LogP contribution in [-0.4, -0.2) is 0 Å². The van der Waals surface area contributed by atoms with E-state index in [4.69, 9.17) is 5.26 Å². The Hall–Kier alpha value is -0.760. The molecule has 2 aromatic rings. The molecule has 0 atom stereocenters. The fourth-order valence-corrected chi connectivity index (χ4v) is 2.81. The molecule has 0 unspecified atom stereocenters. The van der Waals surface area contributed by atoms with E-state index in [9.17, 15) is 0 Å². The molecule has 0 spiro atoms. The van der Waals surface area contributed by atoms with Gasteiger partial charge in [-0.1, -0.05) is 43.6 Å². The average molecular weight is 369 g/mol. The van der Waals surface area contributed by atoms with Gasteiger partial charge < -0.3 is 0 Å². The van der Waals surface area contributed by atoms with E-state index in [1.807, 2.05) is 42.5 Å². The maximum absolute atomic E-state index is 9.07. The lowest BCUT2D eigenvalue weighted by Crippen LogP contribution is -1.81. The molecule has 0 saturated carbocycles. The van der Waals surface area contributed by atoms with E-state index in [1.54, 1.807) is 11.8 Å². The van der Waals surface area contributed by atoms with Crippen molar-refractivity contribution in [1.29, 1.82) is 5.26 Å². The first kappa shape index (κ1) is 12.7. The first-order valence-corrected chi connectivity index (χ1v) is 7.22. The van der Waals surface area contributed by atoms with Gasteiger partial charge in [-0.05, 0) is 42.5 Å². The van der Waals surface area contributed by atoms with Crippen molar-refractivity contribution in [2.24, 2.45) is 0 Å². The SMILES string of the molecule is N#Cc1cc(Br)ccc1Sc1ccc(Br)cc1. The van der Waals surface area contributed by atoms with Crippen LogP contribution in [0.25, 0.3) is 0 Å². The van der Waals surface area contributed by atoms with Crippen LogP contribution in [0.5, 0.6) is 0 Å². The predicted molar refractivity (Wildman–Crippen MR) is 77.1 cm³/mol. The van der Waals surface area contributed by atoms with Crippen molar-refractivity contribution < 1.29 is 0 Å². The number of halogens is 2. The largest absolute Gasteiger partial charge is 0.192 e. The molecule has 0 bridgehead atoms. The summed E-state index contributed by atoms with van der Waals surface area (Å²) in [5, 5.41) is 9.07. The Labute approximate surface area is 121 Å². The third kappa shape index (κ3) is 3.35. The van der Waals surface area contributed by atoms with E-state index < -0.39 is 0 Å². The first-order valence-electron chi connectivity index (χ1n) is 4.82. The molecule has 4 heteroatoms. The quantitative estimate of drug-likeness (QED) is 0.724. The van der Waals surface area contributed by atoms with Gasteiger partial charge in [0.25, 0.3) is 0 Å². The summed E-state index contributed by atoms with van der Waals surface area (Å²) in [5.74, 6) is 0. The minimum atomic E-state index is 0.687. The van der Waals surface area contributed by atoms with E-state index in [0.29, 0.717) is 5.56 Å². The first-order chi connectivity index (χ1) is 8.19. The fraction of sp³-hybridized carbons (Fsp3) is 0. The second kappa shape index (κ2) is 5.72. The van der Waals surface area contributed by atoms with E-state index in [2.05, 4.69) is 37.9 Å². The van der Waals surface area contributed by atoms with E-state index in [-0.39, 0.29) is 0 Å². The Kier molecular flexibility index (Phi) is 4.27. The molecule has 0 amide bonds. The highest BCUT2D eigenvalue weighted by Gasteiger charge is 2.04. The molecule has 0 aliphatic carbocycles. The van der Waals surface area contributed by atoms with Crippen LogP contribution in [0.1, 0.15) is 5.56 Å². The minimum absolute atomic E-state index is 0.687. The molecule has 0 aliphatic heterocycles. The van der Waals surface area contributed by atoms with Gasteiger partial charge in [-0.2, -0.15) is 5.26 Å². The molecule has 17 heavy (non-hydrogen) atoms. The molecule has 1 nitrogen and oxygen atoms in total. The molecule has 0 fully saturated rings. The van der Waals surface area contributed by atoms with Crippen LogP contribution < -0.4 is 0 Å². The Morgan fingerprint density at radius 1 is 0.941 bits per heavy atom. The minimum Gasteiger partial charge on any atom is -0.192 e. The molecule has 0 heterocycles. The molecule has 0 N–H and O–H groups in total. The zero-order valence-electron chi connectivity index (χ0n) is 8.65. The second-order valence-electron chi connectivity index (χ2n) is 3.31. The third-order valence-corrected chi connectivity index (χ3v) is 4.21. The monoisotopic (exact) mass is 367 g/mol. The van der Waals surface area contributed by atoms with Crippen molar-refractivity contribution >= 4 is 43.6 Å². The molecular weight excluding hydrogens is 362 g/mol. The van der Waals surface area contributed by atoms with Gasteiger partial charge in [-0.25, -0.2) is 0 Å². The zero-order chi connectivity index (χ0) is 12.3. The Morgan fingerprint density at radius 2 is 1.59 bits per heavy atom. The highest BCUT2D eigenvalue weighted by molar-refractivity contribution is 9.10. The number of rotatable bonds is 2. The molecule has 0 saturated heterocycles. The number of nitriles is 1. The summed E-state index contributed by atoms with van der Waals surface area (Å²) >= 11 is 8.36. The van der Waals surface area contributed by atoms with Crippen LogP contribution in [0.3, 0.4) is 0 Å². The predicted octanol–water partition coefficient (Wildman–Crippen LogP) is 5.23.